The van der Waals surface area contributed by atoms with E-state index in [0.717, 1.165) is 22.3 Å². The van der Waals surface area contributed by atoms with E-state index >= 15 is 0 Å². The van der Waals surface area contributed by atoms with E-state index < -0.39 is 23.4 Å². The maximum Gasteiger partial charge on any atom is 0.248 e. The lowest BCUT2D eigenvalue weighted by molar-refractivity contribution is -0.112. The number of hydrogen-bond acceptors (Lipinski definition) is 2. The van der Waals surface area contributed by atoms with Crippen LogP contribution in [-0.2, 0) is 9.59 Å². The zero-order valence-corrected chi connectivity index (χ0v) is 23.1. The van der Waals surface area contributed by atoms with Crippen molar-refractivity contribution in [3.05, 3.63) is 129 Å². The fourth-order valence-corrected chi connectivity index (χ4v) is 4.43. The summed E-state index contributed by atoms with van der Waals surface area (Å²) in [6, 6.07) is 19.8. The monoisotopic (exact) mass is 576 g/mol. The molecule has 4 aromatic rings. The van der Waals surface area contributed by atoms with Crippen LogP contribution in [0, 0.1) is 25.5 Å². The largest absolute Gasteiger partial charge is 0.322 e. The molecule has 0 aliphatic rings. The molecule has 0 aromatic heterocycles. The van der Waals surface area contributed by atoms with Crippen LogP contribution in [0.2, 0.25) is 10.0 Å². The van der Waals surface area contributed by atoms with Crippen LogP contribution in [0.15, 0.2) is 84.9 Å². The highest BCUT2D eigenvalue weighted by Gasteiger charge is 2.09. The van der Waals surface area contributed by atoms with Gasteiger partial charge in [-0.3, -0.25) is 9.59 Å². The van der Waals surface area contributed by atoms with Crippen molar-refractivity contribution < 1.29 is 18.4 Å². The zero-order chi connectivity index (χ0) is 28.8. The predicted molar refractivity (Wildman–Crippen MR) is 159 cm³/mol. The van der Waals surface area contributed by atoms with Crippen molar-refractivity contribution in [3.8, 4) is 11.1 Å². The summed E-state index contributed by atoms with van der Waals surface area (Å²) in [5.74, 6) is -1.86. The Balaban J connectivity index is 1.43. The lowest BCUT2D eigenvalue weighted by atomic mass is 10.00. The third-order valence-corrected chi connectivity index (χ3v) is 6.76. The van der Waals surface area contributed by atoms with Crippen LogP contribution in [0.3, 0.4) is 0 Å². The molecule has 0 bridgehead atoms. The molecule has 4 aromatic carbocycles. The molecule has 8 heteroatoms. The Morgan fingerprint density at radius 2 is 1.05 bits per heavy atom. The predicted octanol–water partition coefficient (Wildman–Crippen LogP) is 8.86. The molecule has 4 rings (SSSR count). The van der Waals surface area contributed by atoms with E-state index in [4.69, 9.17) is 23.2 Å². The summed E-state index contributed by atoms with van der Waals surface area (Å²) in [7, 11) is 0. The number of anilines is 2. The normalized spacial score (nSPS) is 11.2. The molecule has 2 N–H and O–H groups in total. The standard InChI is InChI=1S/C32H24Cl2F2N2O2/c1-19-17-21(9-13-29(19)37-31(39)15-11-23-25(33)5-3-7-27(23)35)22-10-14-30(20(2)18-22)38-32(40)16-12-24-26(34)6-4-8-28(24)36/h3-18H,1-2H3,(H,37,39)(H,38,40). The van der Waals surface area contributed by atoms with Crippen molar-refractivity contribution in [2.45, 2.75) is 13.8 Å². The smallest absolute Gasteiger partial charge is 0.248 e. The molecule has 0 unspecified atom stereocenters. The molecule has 0 saturated carbocycles. The number of aryl methyl sites for hydroxylation is 2. The van der Waals surface area contributed by atoms with Gasteiger partial charge in [0.15, 0.2) is 0 Å². The Morgan fingerprint density at radius 1 is 0.650 bits per heavy atom. The first-order chi connectivity index (χ1) is 19.1. The van der Waals surface area contributed by atoms with E-state index in [1.807, 2.05) is 38.1 Å². The Labute approximate surface area is 241 Å². The highest BCUT2D eigenvalue weighted by molar-refractivity contribution is 6.32. The molecule has 0 radical (unpaired) electrons. The summed E-state index contributed by atoms with van der Waals surface area (Å²) in [6.45, 7) is 3.73. The van der Waals surface area contributed by atoms with Crippen LogP contribution < -0.4 is 10.6 Å². The summed E-state index contributed by atoms with van der Waals surface area (Å²) in [5.41, 5.74) is 5.00. The molecule has 0 aliphatic heterocycles. The minimum atomic E-state index is -0.512. The quantitative estimate of drug-likeness (QED) is 0.216. The summed E-state index contributed by atoms with van der Waals surface area (Å²) < 4.78 is 27.9. The maximum absolute atomic E-state index is 13.9. The maximum atomic E-state index is 13.9. The van der Waals surface area contributed by atoms with Gasteiger partial charge in [0.25, 0.3) is 0 Å². The second-order valence-corrected chi connectivity index (χ2v) is 9.79. The molecule has 0 fully saturated rings. The van der Waals surface area contributed by atoms with Crippen molar-refractivity contribution in [3.63, 3.8) is 0 Å². The van der Waals surface area contributed by atoms with Crippen LogP contribution in [0.25, 0.3) is 23.3 Å². The SMILES string of the molecule is Cc1cc(-c2ccc(NC(=O)C=Cc3c(F)cccc3Cl)c(C)c2)ccc1NC(=O)C=Cc1c(F)cccc1Cl. The highest BCUT2D eigenvalue weighted by Crippen LogP contribution is 2.29. The van der Waals surface area contributed by atoms with E-state index in [1.54, 1.807) is 24.3 Å². The van der Waals surface area contributed by atoms with Gasteiger partial charge in [-0.05, 0) is 96.8 Å². The minimum absolute atomic E-state index is 0.145. The Hall–Kier alpha value is -4.26. The van der Waals surface area contributed by atoms with Gasteiger partial charge >= 0.3 is 0 Å². The molecule has 0 heterocycles. The minimum Gasteiger partial charge on any atom is -0.322 e. The Bertz CT molecular complexity index is 1500. The van der Waals surface area contributed by atoms with Gasteiger partial charge in [0.1, 0.15) is 11.6 Å². The second kappa shape index (κ2) is 12.7. The van der Waals surface area contributed by atoms with Crippen molar-refractivity contribution in [2.24, 2.45) is 0 Å². The van der Waals surface area contributed by atoms with Crippen LogP contribution in [0.1, 0.15) is 22.3 Å². The van der Waals surface area contributed by atoms with Gasteiger partial charge < -0.3 is 10.6 Å². The molecular weight excluding hydrogens is 553 g/mol. The molecule has 0 saturated heterocycles. The number of carbonyl (C=O) groups excluding carboxylic acids is 2. The van der Waals surface area contributed by atoms with Gasteiger partial charge in [-0.25, -0.2) is 8.78 Å². The van der Waals surface area contributed by atoms with Gasteiger partial charge in [0.2, 0.25) is 11.8 Å². The van der Waals surface area contributed by atoms with Gasteiger partial charge in [0, 0.05) is 34.7 Å². The second-order valence-electron chi connectivity index (χ2n) is 8.98. The number of halogens is 4. The number of carbonyl (C=O) groups is 2. The van der Waals surface area contributed by atoms with Crippen LogP contribution in [0.5, 0.6) is 0 Å². The summed E-state index contributed by atoms with van der Waals surface area (Å²) in [6.07, 6.45) is 5.14. The number of benzene rings is 4. The fourth-order valence-electron chi connectivity index (χ4n) is 3.97. The average Bonchev–Trinajstić information content (AvgIpc) is 2.90. The molecule has 2 amide bonds. The summed E-state index contributed by atoms with van der Waals surface area (Å²) in [5, 5.41) is 6.02. The number of nitrogens with one attached hydrogen (secondary N) is 2. The van der Waals surface area contributed by atoms with Crippen LogP contribution >= 0.6 is 23.2 Å². The Kier molecular flexibility index (Phi) is 9.15. The van der Waals surface area contributed by atoms with Gasteiger partial charge in [0.05, 0.1) is 10.0 Å². The summed E-state index contributed by atoms with van der Waals surface area (Å²) >= 11 is 12.0. The van der Waals surface area contributed by atoms with E-state index in [0.29, 0.717) is 11.4 Å². The van der Waals surface area contributed by atoms with Crippen molar-refractivity contribution in [1.82, 2.24) is 0 Å². The van der Waals surface area contributed by atoms with Crippen LogP contribution in [0.4, 0.5) is 20.2 Å². The average molecular weight is 577 g/mol. The third-order valence-electron chi connectivity index (χ3n) is 6.10. The number of amides is 2. The van der Waals surface area contributed by atoms with E-state index in [-0.39, 0.29) is 21.2 Å². The molecule has 4 nitrogen and oxygen atoms in total. The van der Waals surface area contributed by atoms with E-state index in [9.17, 15) is 18.4 Å². The molecule has 40 heavy (non-hydrogen) atoms. The number of rotatable bonds is 7. The molecule has 0 aliphatic carbocycles. The topological polar surface area (TPSA) is 58.2 Å². The van der Waals surface area contributed by atoms with Gasteiger partial charge in [-0.15, -0.1) is 0 Å². The van der Waals surface area contributed by atoms with E-state index in [1.165, 1.54) is 48.6 Å². The van der Waals surface area contributed by atoms with Crippen molar-refractivity contribution in [2.75, 3.05) is 10.6 Å². The number of hydrogen-bond donors (Lipinski definition) is 2. The fraction of sp³-hybridized carbons (Fsp3) is 0.0625. The molecule has 0 spiro atoms. The van der Waals surface area contributed by atoms with Crippen LogP contribution in [-0.4, -0.2) is 11.8 Å². The van der Waals surface area contributed by atoms with Gasteiger partial charge in [-0.2, -0.15) is 0 Å². The molecular formula is C32H24Cl2F2N2O2. The Morgan fingerprint density at radius 3 is 1.40 bits per heavy atom. The third kappa shape index (κ3) is 7.03. The van der Waals surface area contributed by atoms with Crippen molar-refractivity contribution in [1.29, 1.82) is 0 Å². The molecule has 0 atom stereocenters. The first-order valence-corrected chi connectivity index (χ1v) is 13.0. The lowest BCUT2D eigenvalue weighted by Gasteiger charge is -2.12. The first-order valence-electron chi connectivity index (χ1n) is 12.2. The summed E-state index contributed by atoms with van der Waals surface area (Å²) in [4.78, 5) is 24.8. The van der Waals surface area contributed by atoms with Crippen molar-refractivity contribution >= 4 is 58.5 Å². The lowest BCUT2D eigenvalue weighted by Crippen LogP contribution is -2.09. The van der Waals surface area contributed by atoms with E-state index in [2.05, 4.69) is 10.6 Å². The highest BCUT2D eigenvalue weighted by atomic mass is 35.5. The molecule has 202 valence electrons. The zero-order valence-electron chi connectivity index (χ0n) is 21.6. The first kappa shape index (κ1) is 28.7. The van der Waals surface area contributed by atoms with Gasteiger partial charge in [-0.1, -0.05) is 47.5 Å².